The van der Waals surface area contributed by atoms with E-state index in [0.29, 0.717) is 16.1 Å². The number of nitriles is 2. The van der Waals surface area contributed by atoms with Gasteiger partial charge >= 0.3 is 0 Å². The molecule has 1 aliphatic rings. The van der Waals surface area contributed by atoms with Crippen LogP contribution in [0.25, 0.3) is 33.4 Å². The van der Waals surface area contributed by atoms with Crippen LogP contribution in [-0.4, -0.2) is 4.98 Å². The Hall–Kier alpha value is -3.92. The molecule has 0 bridgehead atoms. The second-order valence-corrected chi connectivity index (χ2v) is 8.96. The monoisotopic (exact) mass is 431 g/mol. The summed E-state index contributed by atoms with van der Waals surface area (Å²) in [5.74, 6) is 0. The first kappa shape index (κ1) is 20.0. The summed E-state index contributed by atoms with van der Waals surface area (Å²) in [4.78, 5) is 4.22. The summed E-state index contributed by atoms with van der Waals surface area (Å²) in [6, 6.07) is 24.3. The molecule has 0 spiro atoms. The van der Waals surface area contributed by atoms with E-state index in [2.05, 4.69) is 55.2 Å². The van der Waals surface area contributed by atoms with Gasteiger partial charge in [-0.15, -0.1) is 0 Å². The van der Waals surface area contributed by atoms with E-state index in [-0.39, 0.29) is 5.41 Å². The molecule has 1 aromatic heterocycles. The molecule has 1 aliphatic carbocycles. The Balaban J connectivity index is 1.68. The zero-order valence-electron chi connectivity index (χ0n) is 17.6. The zero-order valence-corrected chi connectivity index (χ0v) is 18.4. The third-order valence-corrected chi connectivity index (χ3v) is 6.47. The molecule has 0 radical (unpaired) electrons. The highest BCUT2D eigenvalue weighted by molar-refractivity contribution is 6.31. The van der Waals surface area contributed by atoms with Crippen molar-refractivity contribution in [1.29, 1.82) is 10.5 Å². The molecular formula is C28H18ClN3. The summed E-state index contributed by atoms with van der Waals surface area (Å²) >= 11 is 6.48. The number of hydrogen-bond acceptors (Lipinski definition) is 3. The zero-order chi connectivity index (χ0) is 22.5. The van der Waals surface area contributed by atoms with Gasteiger partial charge in [0.25, 0.3) is 0 Å². The average Bonchev–Trinajstić information content (AvgIpc) is 3.05. The van der Waals surface area contributed by atoms with Crippen molar-refractivity contribution in [2.45, 2.75) is 19.3 Å². The maximum Gasteiger partial charge on any atom is 0.0998 e. The first-order valence-electron chi connectivity index (χ1n) is 10.3. The lowest BCUT2D eigenvalue weighted by Gasteiger charge is -2.22. The lowest BCUT2D eigenvalue weighted by atomic mass is 9.81. The first-order chi connectivity index (χ1) is 15.4. The number of pyridine rings is 1. The van der Waals surface area contributed by atoms with E-state index in [1.807, 2.05) is 36.5 Å². The lowest BCUT2D eigenvalue weighted by Crippen LogP contribution is -2.15. The van der Waals surface area contributed by atoms with Crippen molar-refractivity contribution in [3.05, 3.63) is 100 Å². The maximum atomic E-state index is 9.74. The normalized spacial score (nSPS) is 13.0. The van der Waals surface area contributed by atoms with Gasteiger partial charge in [-0.2, -0.15) is 10.5 Å². The fourth-order valence-corrected chi connectivity index (χ4v) is 4.87. The molecule has 0 saturated heterocycles. The summed E-state index contributed by atoms with van der Waals surface area (Å²) < 4.78 is 0. The molecule has 0 fully saturated rings. The molecule has 0 aliphatic heterocycles. The van der Waals surface area contributed by atoms with E-state index in [1.165, 1.54) is 0 Å². The Morgan fingerprint density at radius 3 is 2.28 bits per heavy atom. The number of benzene rings is 3. The molecule has 0 saturated carbocycles. The highest BCUT2D eigenvalue weighted by atomic mass is 35.5. The second-order valence-electron chi connectivity index (χ2n) is 8.53. The van der Waals surface area contributed by atoms with E-state index in [9.17, 15) is 10.5 Å². The molecule has 5 rings (SSSR count). The van der Waals surface area contributed by atoms with Gasteiger partial charge < -0.3 is 0 Å². The number of halogens is 1. The number of rotatable bonds is 2. The molecule has 152 valence electrons. The van der Waals surface area contributed by atoms with Gasteiger partial charge in [-0.25, -0.2) is 0 Å². The number of fused-ring (bicyclic) bond motifs is 3. The highest BCUT2D eigenvalue weighted by Gasteiger charge is 2.37. The van der Waals surface area contributed by atoms with Gasteiger partial charge in [0.2, 0.25) is 0 Å². The van der Waals surface area contributed by atoms with Crippen molar-refractivity contribution in [2.75, 3.05) is 0 Å². The third kappa shape index (κ3) is 3.07. The highest BCUT2D eigenvalue weighted by Crippen LogP contribution is 2.51. The molecular weight excluding hydrogens is 414 g/mol. The summed E-state index contributed by atoms with van der Waals surface area (Å²) in [5, 5.41) is 19.8. The maximum absolute atomic E-state index is 9.74. The summed E-state index contributed by atoms with van der Waals surface area (Å²) in [5.41, 5.74) is 8.94. The van der Waals surface area contributed by atoms with Gasteiger partial charge in [-0.1, -0.05) is 43.6 Å². The summed E-state index contributed by atoms with van der Waals surface area (Å²) in [6.45, 7) is 4.28. The predicted molar refractivity (Wildman–Crippen MR) is 127 cm³/mol. The Morgan fingerprint density at radius 2 is 1.59 bits per heavy atom. The Labute approximate surface area is 192 Å². The number of aromatic nitrogens is 1. The van der Waals surface area contributed by atoms with Crippen LogP contribution in [-0.2, 0) is 5.41 Å². The van der Waals surface area contributed by atoms with Crippen LogP contribution in [0.3, 0.4) is 0 Å². The van der Waals surface area contributed by atoms with Gasteiger partial charge in [-0.05, 0) is 75.8 Å². The molecule has 32 heavy (non-hydrogen) atoms. The second kappa shape index (κ2) is 7.34. The van der Waals surface area contributed by atoms with Crippen LogP contribution < -0.4 is 0 Å². The van der Waals surface area contributed by atoms with E-state index < -0.39 is 0 Å². The van der Waals surface area contributed by atoms with Crippen LogP contribution in [0.1, 0.15) is 36.1 Å². The standard InChI is InChI=1S/C28H18ClN3/c1-28(2)25-13-18(20-10-21(12-23(29)11-20)19-4-3-7-32-16-19)5-6-24(25)27-22(15-31)8-17(14-30)9-26(27)28/h3-13,16H,1-2H3. The summed E-state index contributed by atoms with van der Waals surface area (Å²) in [6.07, 6.45) is 3.58. The van der Waals surface area contributed by atoms with Gasteiger partial charge in [-0.3, -0.25) is 4.98 Å². The number of nitrogens with zero attached hydrogens (tertiary/aromatic N) is 3. The van der Waals surface area contributed by atoms with Gasteiger partial charge in [0.15, 0.2) is 0 Å². The summed E-state index contributed by atoms with van der Waals surface area (Å²) in [7, 11) is 0. The van der Waals surface area contributed by atoms with Crippen LogP contribution >= 0.6 is 11.6 Å². The van der Waals surface area contributed by atoms with Crippen molar-refractivity contribution in [2.24, 2.45) is 0 Å². The van der Waals surface area contributed by atoms with Crippen LogP contribution in [0.2, 0.25) is 5.02 Å². The third-order valence-electron chi connectivity index (χ3n) is 6.25. The molecule has 1 heterocycles. The minimum Gasteiger partial charge on any atom is -0.264 e. The Kier molecular flexibility index (Phi) is 4.59. The van der Waals surface area contributed by atoms with Gasteiger partial charge in [0.05, 0.1) is 23.3 Å². The molecule has 0 amide bonds. The quantitative estimate of drug-likeness (QED) is 0.339. The number of hydrogen-bond donors (Lipinski definition) is 0. The molecule has 0 N–H and O–H groups in total. The first-order valence-corrected chi connectivity index (χ1v) is 10.6. The molecule has 3 nitrogen and oxygen atoms in total. The van der Waals surface area contributed by atoms with Crippen LogP contribution in [0, 0.1) is 22.7 Å². The van der Waals surface area contributed by atoms with Crippen molar-refractivity contribution < 1.29 is 0 Å². The molecule has 0 unspecified atom stereocenters. The lowest BCUT2D eigenvalue weighted by molar-refractivity contribution is 0.660. The van der Waals surface area contributed by atoms with E-state index >= 15 is 0 Å². The Bertz CT molecular complexity index is 1470. The minimum atomic E-state index is -0.329. The average molecular weight is 432 g/mol. The SMILES string of the molecule is CC1(C)c2cc(-c3cc(Cl)cc(-c4cccnc4)c3)ccc2-c2c(C#N)cc(C#N)cc21. The molecule has 4 heteroatoms. The van der Waals surface area contributed by atoms with Crippen LogP contribution in [0.15, 0.2) is 73.1 Å². The van der Waals surface area contributed by atoms with Crippen LogP contribution in [0.4, 0.5) is 0 Å². The van der Waals surface area contributed by atoms with Crippen LogP contribution in [0.5, 0.6) is 0 Å². The van der Waals surface area contributed by atoms with E-state index in [1.54, 1.807) is 12.3 Å². The smallest absolute Gasteiger partial charge is 0.0998 e. The topological polar surface area (TPSA) is 60.5 Å². The minimum absolute atomic E-state index is 0.329. The van der Waals surface area contributed by atoms with Crippen molar-refractivity contribution in [3.8, 4) is 45.5 Å². The van der Waals surface area contributed by atoms with E-state index in [4.69, 9.17) is 11.6 Å². The van der Waals surface area contributed by atoms with E-state index in [0.717, 1.165) is 44.5 Å². The Morgan fingerprint density at radius 1 is 0.812 bits per heavy atom. The fourth-order valence-electron chi connectivity index (χ4n) is 4.64. The fraction of sp³-hybridized carbons (Fsp3) is 0.107. The molecule has 4 aromatic rings. The van der Waals surface area contributed by atoms with Gasteiger partial charge in [0.1, 0.15) is 0 Å². The predicted octanol–water partition coefficient (Wildman–Crippen LogP) is 7.12. The molecule has 0 atom stereocenters. The van der Waals surface area contributed by atoms with Gasteiger partial charge in [0, 0.05) is 34.0 Å². The van der Waals surface area contributed by atoms with Crippen molar-refractivity contribution in [3.63, 3.8) is 0 Å². The van der Waals surface area contributed by atoms with Crippen molar-refractivity contribution >= 4 is 11.6 Å². The largest absolute Gasteiger partial charge is 0.264 e. The molecule has 3 aromatic carbocycles. The van der Waals surface area contributed by atoms with Crippen molar-refractivity contribution in [1.82, 2.24) is 4.98 Å².